The topological polar surface area (TPSA) is 73.1 Å². The van der Waals surface area contributed by atoms with Crippen LogP contribution in [0.5, 0.6) is 0 Å². The molecule has 1 rings (SSSR count). The van der Waals surface area contributed by atoms with Crippen molar-refractivity contribution >= 4 is 32.6 Å². The maximum Gasteiger partial charge on any atom is 0.258 e. The third kappa shape index (κ3) is 2.11. The molecule has 7 heteroatoms. The highest BCUT2D eigenvalue weighted by atomic mass is 127. The number of rotatable bonds is 1. The van der Waals surface area contributed by atoms with Crippen molar-refractivity contribution in [3.05, 3.63) is 21.7 Å². The molecule has 0 aliphatic rings. The number of hydrogen-bond acceptors (Lipinski definition) is 3. The van der Waals surface area contributed by atoms with Gasteiger partial charge in [-0.1, -0.05) is 0 Å². The van der Waals surface area contributed by atoms with Gasteiger partial charge in [-0.05, 0) is 28.7 Å². The molecule has 66 valence electrons. The monoisotopic (exact) mass is 302 g/mol. The van der Waals surface area contributed by atoms with Gasteiger partial charge < -0.3 is 0 Å². The van der Waals surface area contributed by atoms with E-state index in [0.717, 1.165) is 6.07 Å². The maximum absolute atomic E-state index is 12.8. The van der Waals surface area contributed by atoms with Crippen LogP contribution in [0.25, 0.3) is 0 Å². The van der Waals surface area contributed by atoms with E-state index in [2.05, 4.69) is 10.1 Å². The largest absolute Gasteiger partial charge is 0.258 e. The van der Waals surface area contributed by atoms with Gasteiger partial charge in [0.1, 0.15) is 0 Å². The lowest BCUT2D eigenvalue weighted by atomic mass is 10.5. The van der Waals surface area contributed by atoms with Crippen molar-refractivity contribution in [2.45, 2.75) is 5.03 Å². The summed E-state index contributed by atoms with van der Waals surface area (Å²) in [5, 5.41) is 3.96. The van der Waals surface area contributed by atoms with Crippen LogP contribution in [0.2, 0.25) is 0 Å². The molecule has 0 radical (unpaired) electrons. The summed E-state index contributed by atoms with van der Waals surface area (Å²) in [6.45, 7) is 0. The van der Waals surface area contributed by atoms with Crippen molar-refractivity contribution in [3.63, 3.8) is 0 Å². The summed E-state index contributed by atoms with van der Waals surface area (Å²) >= 11 is 1.81. The molecule has 0 atom stereocenters. The zero-order chi connectivity index (χ0) is 9.35. The lowest BCUT2D eigenvalue weighted by Gasteiger charge is -1.98. The first-order chi connectivity index (χ1) is 5.41. The molecule has 0 aliphatic carbocycles. The summed E-state index contributed by atoms with van der Waals surface area (Å²) in [4.78, 5) is 3.35. The van der Waals surface area contributed by atoms with Gasteiger partial charge in [-0.3, -0.25) is 0 Å². The van der Waals surface area contributed by atoms with Crippen LogP contribution in [0.15, 0.2) is 17.3 Å². The zero-order valence-corrected chi connectivity index (χ0v) is 8.63. The van der Waals surface area contributed by atoms with Crippen LogP contribution >= 0.6 is 22.6 Å². The van der Waals surface area contributed by atoms with E-state index in [0.29, 0.717) is 3.57 Å². The van der Waals surface area contributed by atoms with Crippen molar-refractivity contribution in [3.8, 4) is 0 Å². The van der Waals surface area contributed by atoms with Crippen LogP contribution in [0, 0.1) is 9.39 Å². The molecule has 1 aromatic rings. The molecule has 0 fully saturated rings. The average Bonchev–Trinajstić information content (AvgIpc) is 1.83. The number of halogens is 2. The first-order valence-electron chi connectivity index (χ1n) is 2.75. The molecule has 0 saturated carbocycles. The predicted molar refractivity (Wildman–Crippen MR) is 48.3 cm³/mol. The molecule has 0 unspecified atom stereocenters. The maximum atomic E-state index is 12.8. The molecule has 0 aromatic carbocycles. The summed E-state index contributed by atoms with van der Waals surface area (Å²) in [7, 11) is -4.04. The molecule has 0 amide bonds. The second-order valence-corrected chi connectivity index (χ2v) is 4.71. The van der Waals surface area contributed by atoms with Gasteiger partial charge >= 0.3 is 0 Å². The van der Waals surface area contributed by atoms with E-state index in [1.165, 1.54) is 6.20 Å². The van der Waals surface area contributed by atoms with Crippen LogP contribution in [0.4, 0.5) is 4.39 Å². The third-order valence-electron chi connectivity index (χ3n) is 1.04. The Morgan fingerprint density at radius 1 is 1.58 bits per heavy atom. The first kappa shape index (κ1) is 9.81. The number of nitrogens with zero attached hydrogens (tertiary/aromatic N) is 1. The Morgan fingerprint density at radius 2 is 2.17 bits per heavy atom. The van der Waals surface area contributed by atoms with Crippen molar-refractivity contribution in [2.75, 3.05) is 0 Å². The molecule has 0 spiro atoms. The highest BCUT2D eigenvalue weighted by Crippen LogP contribution is 2.11. The Morgan fingerprint density at radius 3 is 2.58 bits per heavy atom. The number of nitrogens with two attached hydrogens (primary N) is 1. The molecule has 0 bridgehead atoms. The average molecular weight is 302 g/mol. The van der Waals surface area contributed by atoms with E-state index in [4.69, 9.17) is 0 Å². The molecular formula is C5H4FIN2O2S. The third-order valence-corrected chi connectivity index (χ3v) is 2.47. The molecule has 4 nitrogen and oxygen atoms in total. The first-order valence-corrected chi connectivity index (χ1v) is 5.37. The van der Waals surface area contributed by atoms with Crippen molar-refractivity contribution < 1.29 is 12.8 Å². The van der Waals surface area contributed by atoms with Crippen LogP contribution in [0.1, 0.15) is 0 Å². The Labute approximate surface area is 82.2 Å². The van der Waals surface area contributed by atoms with E-state index >= 15 is 0 Å². The molecule has 0 aliphatic heterocycles. The second kappa shape index (κ2) is 3.23. The lowest BCUT2D eigenvalue weighted by Crippen LogP contribution is -2.15. The normalized spacial score (nSPS) is 11.6. The van der Waals surface area contributed by atoms with Gasteiger partial charge in [-0.25, -0.2) is 22.9 Å². The standard InChI is InChI=1S/C5H4FIN2O2S/c6-4-1-3(7)2-9-5(4)12(8,10)11/h1-2H,(H2,8,10,11). The van der Waals surface area contributed by atoms with Crippen molar-refractivity contribution in [1.29, 1.82) is 0 Å². The van der Waals surface area contributed by atoms with Crippen LogP contribution in [-0.2, 0) is 10.0 Å². The summed E-state index contributed by atoms with van der Waals surface area (Å²) in [6, 6.07) is 1.05. The highest BCUT2D eigenvalue weighted by molar-refractivity contribution is 14.1. The molecule has 0 saturated heterocycles. The summed E-state index contributed by atoms with van der Waals surface area (Å²) in [5.41, 5.74) is 0. The predicted octanol–water partition coefficient (Wildman–Crippen LogP) is 0.473. The van der Waals surface area contributed by atoms with Gasteiger partial charge in [0.2, 0.25) is 5.03 Å². The number of hydrogen-bond donors (Lipinski definition) is 1. The fourth-order valence-corrected chi connectivity index (χ4v) is 1.55. The quantitative estimate of drug-likeness (QED) is 0.767. The van der Waals surface area contributed by atoms with Crippen LogP contribution in [0.3, 0.4) is 0 Å². The summed E-state index contributed by atoms with van der Waals surface area (Å²) in [6.07, 6.45) is 1.23. The molecule has 1 aromatic heterocycles. The summed E-state index contributed by atoms with van der Waals surface area (Å²) < 4.78 is 34.6. The van der Waals surface area contributed by atoms with E-state index in [1.807, 2.05) is 22.6 Å². The molecule has 1 heterocycles. The second-order valence-electron chi connectivity index (χ2n) is 1.99. The van der Waals surface area contributed by atoms with Gasteiger partial charge in [0, 0.05) is 9.77 Å². The van der Waals surface area contributed by atoms with Crippen molar-refractivity contribution in [2.24, 2.45) is 5.14 Å². The minimum absolute atomic E-state index is 0.512. The summed E-state index contributed by atoms with van der Waals surface area (Å²) in [5.74, 6) is -0.926. The van der Waals surface area contributed by atoms with E-state index in [-0.39, 0.29) is 0 Å². The zero-order valence-electron chi connectivity index (χ0n) is 5.66. The minimum atomic E-state index is -4.04. The SMILES string of the molecule is NS(=O)(=O)c1ncc(I)cc1F. The number of sulfonamides is 1. The molecule has 2 N–H and O–H groups in total. The fourth-order valence-electron chi connectivity index (χ4n) is 0.611. The minimum Gasteiger partial charge on any atom is -0.240 e. The van der Waals surface area contributed by atoms with E-state index < -0.39 is 20.9 Å². The Kier molecular flexibility index (Phi) is 2.64. The molecular weight excluding hydrogens is 298 g/mol. The van der Waals surface area contributed by atoms with Crippen LogP contribution < -0.4 is 5.14 Å². The van der Waals surface area contributed by atoms with Gasteiger partial charge in [0.05, 0.1) is 0 Å². The number of pyridine rings is 1. The van der Waals surface area contributed by atoms with E-state index in [1.54, 1.807) is 0 Å². The lowest BCUT2D eigenvalue weighted by molar-refractivity contribution is 0.554. The fraction of sp³-hybridized carbons (Fsp3) is 0. The van der Waals surface area contributed by atoms with Gasteiger partial charge in [-0.2, -0.15) is 0 Å². The Bertz CT molecular complexity index is 406. The highest BCUT2D eigenvalue weighted by Gasteiger charge is 2.15. The van der Waals surface area contributed by atoms with E-state index in [9.17, 15) is 12.8 Å². The van der Waals surface area contributed by atoms with Gasteiger partial charge in [0.25, 0.3) is 10.0 Å². The van der Waals surface area contributed by atoms with Gasteiger partial charge in [-0.15, -0.1) is 0 Å². The van der Waals surface area contributed by atoms with Crippen LogP contribution in [-0.4, -0.2) is 13.4 Å². The molecule has 12 heavy (non-hydrogen) atoms. The smallest absolute Gasteiger partial charge is 0.240 e. The Balaban J connectivity index is 3.39. The number of primary sulfonamides is 1. The van der Waals surface area contributed by atoms with Crippen molar-refractivity contribution in [1.82, 2.24) is 4.98 Å². The number of aromatic nitrogens is 1. The Hall–Kier alpha value is -0.280. The van der Waals surface area contributed by atoms with Gasteiger partial charge in [0.15, 0.2) is 5.82 Å².